The van der Waals surface area contributed by atoms with E-state index in [0.717, 1.165) is 10.0 Å². The second-order valence-corrected chi connectivity index (χ2v) is 5.56. The summed E-state index contributed by atoms with van der Waals surface area (Å²) >= 11 is 3.44. The third-order valence-corrected chi connectivity index (χ3v) is 3.85. The number of fused-ring (bicyclic) bond motifs is 1. The Morgan fingerprint density at radius 2 is 1.86 bits per heavy atom. The van der Waals surface area contributed by atoms with E-state index in [-0.39, 0.29) is 5.91 Å². The molecule has 1 amide bonds. The van der Waals surface area contributed by atoms with E-state index in [1.165, 1.54) is 6.08 Å². The van der Waals surface area contributed by atoms with Gasteiger partial charge < -0.3 is 14.8 Å². The number of hydrogen-bond donors (Lipinski definition) is 1. The largest absolute Gasteiger partial charge is 0.486 e. The summed E-state index contributed by atoms with van der Waals surface area (Å²) in [6.07, 6.45) is 3.26. The molecule has 22 heavy (non-hydrogen) atoms. The maximum Gasteiger partial charge on any atom is 0.248 e. The Balaban J connectivity index is 1.68. The highest BCUT2D eigenvalue weighted by atomic mass is 79.9. The number of ether oxygens (including phenoxy) is 2. The van der Waals surface area contributed by atoms with E-state index < -0.39 is 0 Å². The van der Waals surface area contributed by atoms with Gasteiger partial charge in [0.2, 0.25) is 5.91 Å². The third-order valence-electron chi connectivity index (χ3n) is 3.13. The first kappa shape index (κ1) is 14.7. The Bertz CT molecular complexity index is 728. The van der Waals surface area contributed by atoms with E-state index in [9.17, 15) is 4.79 Å². The van der Waals surface area contributed by atoms with Crippen molar-refractivity contribution < 1.29 is 14.3 Å². The third kappa shape index (κ3) is 3.49. The number of hydrogen-bond acceptors (Lipinski definition) is 3. The van der Waals surface area contributed by atoms with Crippen LogP contribution in [0.5, 0.6) is 11.5 Å². The number of carbonyl (C=O) groups excluding carboxylic acids is 1. The van der Waals surface area contributed by atoms with Crippen LogP contribution in [-0.4, -0.2) is 19.1 Å². The Labute approximate surface area is 136 Å². The molecule has 0 spiro atoms. The van der Waals surface area contributed by atoms with Crippen molar-refractivity contribution in [3.63, 3.8) is 0 Å². The summed E-state index contributed by atoms with van der Waals surface area (Å²) in [5, 5.41) is 2.81. The monoisotopic (exact) mass is 359 g/mol. The first-order valence-electron chi connectivity index (χ1n) is 6.85. The van der Waals surface area contributed by atoms with Gasteiger partial charge >= 0.3 is 0 Å². The van der Waals surface area contributed by atoms with Crippen LogP contribution in [0.4, 0.5) is 5.69 Å². The predicted octanol–water partition coefficient (Wildman–Crippen LogP) is 3.87. The SMILES string of the molecule is O=C(/C=C/c1ccccc1Br)Nc1ccc2c(c1)OCCO2. The molecule has 2 aromatic carbocycles. The van der Waals surface area contributed by atoms with Crippen LogP contribution < -0.4 is 14.8 Å². The second-order valence-electron chi connectivity index (χ2n) is 4.70. The van der Waals surface area contributed by atoms with Gasteiger partial charge in [0.25, 0.3) is 0 Å². The molecule has 0 saturated heterocycles. The van der Waals surface area contributed by atoms with Gasteiger partial charge in [-0.3, -0.25) is 4.79 Å². The van der Waals surface area contributed by atoms with Gasteiger partial charge in [0.05, 0.1) is 0 Å². The van der Waals surface area contributed by atoms with Crippen LogP contribution in [-0.2, 0) is 4.79 Å². The summed E-state index contributed by atoms with van der Waals surface area (Å²) in [6, 6.07) is 13.0. The Morgan fingerprint density at radius 1 is 1.09 bits per heavy atom. The summed E-state index contributed by atoms with van der Waals surface area (Å²) in [4.78, 5) is 12.0. The molecule has 0 bridgehead atoms. The molecule has 0 fully saturated rings. The zero-order chi connectivity index (χ0) is 15.4. The molecule has 0 aliphatic carbocycles. The van der Waals surface area contributed by atoms with Gasteiger partial charge in [0.1, 0.15) is 13.2 Å². The maximum absolute atomic E-state index is 12.0. The summed E-state index contributed by atoms with van der Waals surface area (Å²) in [5.74, 6) is 1.15. The number of benzene rings is 2. The highest BCUT2D eigenvalue weighted by Crippen LogP contribution is 2.32. The van der Waals surface area contributed by atoms with Gasteiger partial charge in [-0.2, -0.15) is 0 Å². The number of halogens is 1. The quantitative estimate of drug-likeness (QED) is 0.846. The van der Waals surface area contributed by atoms with Gasteiger partial charge in [-0.1, -0.05) is 34.1 Å². The molecule has 4 nitrogen and oxygen atoms in total. The first-order chi connectivity index (χ1) is 10.7. The molecule has 1 aliphatic rings. The number of nitrogens with one attached hydrogen (secondary N) is 1. The lowest BCUT2D eigenvalue weighted by atomic mass is 10.2. The standard InChI is InChI=1S/C17H14BrNO3/c18-14-4-2-1-3-12(14)5-8-17(20)19-13-6-7-15-16(11-13)22-10-9-21-15/h1-8,11H,9-10H2,(H,19,20)/b8-5+. The minimum atomic E-state index is -0.201. The van der Waals surface area contributed by atoms with Crippen LogP contribution in [0, 0.1) is 0 Å². The molecule has 0 radical (unpaired) electrons. The maximum atomic E-state index is 12.0. The zero-order valence-electron chi connectivity index (χ0n) is 11.7. The van der Waals surface area contributed by atoms with Crippen LogP contribution in [0.25, 0.3) is 6.08 Å². The summed E-state index contributed by atoms with van der Waals surface area (Å²) in [6.45, 7) is 1.07. The molecule has 1 N–H and O–H groups in total. The fraction of sp³-hybridized carbons (Fsp3) is 0.118. The summed E-state index contributed by atoms with van der Waals surface area (Å²) < 4.78 is 11.9. The Morgan fingerprint density at radius 3 is 2.68 bits per heavy atom. The Hall–Kier alpha value is -2.27. The average Bonchev–Trinajstić information content (AvgIpc) is 2.54. The molecule has 112 valence electrons. The van der Waals surface area contributed by atoms with Gasteiger partial charge in [-0.15, -0.1) is 0 Å². The zero-order valence-corrected chi connectivity index (χ0v) is 13.3. The topological polar surface area (TPSA) is 47.6 Å². The normalized spacial score (nSPS) is 13.1. The minimum absolute atomic E-state index is 0.201. The first-order valence-corrected chi connectivity index (χ1v) is 7.65. The summed E-state index contributed by atoms with van der Waals surface area (Å²) in [7, 11) is 0. The van der Waals surface area contributed by atoms with E-state index in [1.54, 1.807) is 24.3 Å². The van der Waals surface area contributed by atoms with E-state index in [4.69, 9.17) is 9.47 Å². The molecule has 0 atom stereocenters. The number of carbonyl (C=O) groups is 1. The van der Waals surface area contributed by atoms with Crippen molar-refractivity contribution in [2.24, 2.45) is 0 Å². The highest BCUT2D eigenvalue weighted by molar-refractivity contribution is 9.10. The number of amides is 1. The second kappa shape index (κ2) is 6.66. The highest BCUT2D eigenvalue weighted by Gasteiger charge is 2.12. The van der Waals surface area contributed by atoms with Crippen molar-refractivity contribution in [1.82, 2.24) is 0 Å². The molecule has 0 unspecified atom stereocenters. The van der Waals surface area contributed by atoms with Crippen LogP contribution in [0.2, 0.25) is 0 Å². The molecule has 0 aromatic heterocycles. The predicted molar refractivity (Wildman–Crippen MR) is 89.2 cm³/mol. The van der Waals surface area contributed by atoms with E-state index in [0.29, 0.717) is 30.4 Å². The molecule has 0 saturated carbocycles. The van der Waals surface area contributed by atoms with Gasteiger partial charge in [-0.25, -0.2) is 0 Å². The van der Waals surface area contributed by atoms with Gasteiger partial charge in [-0.05, 0) is 29.8 Å². The number of rotatable bonds is 3. The van der Waals surface area contributed by atoms with Crippen molar-refractivity contribution in [2.45, 2.75) is 0 Å². The molecule has 2 aromatic rings. The van der Waals surface area contributed by atoms with Crippen LogP contribution >= 0.6 is 15.9 Å². The van der Waals surface area contributed by atoms with E-state index in [2.05, 4.69) is 21.2 Å². The number of anilines is 1. The fourth-order valence-corrected chi connectivity index (χ4v) is 2.50. The summed E-state index contributed by atoms with van der Waals surface area (Å²) in [5.41, 5.74) is 1.62. The fourth-order valence-electron chi connectivity index (χ4n) is 2.08. The molecule has 3 rings (SSSR count). The van der Waals surface area contributed by atoms with E-state index >= 15 is 0 Å². The average molecular weight is 360 g/mol. The van der Waals surface area contributed by atoms with Crippen molar-refractivity contribution in [1.29, 1.82) is 0 Å². The van der Waals surface area contributed by atoms with Crippen molar-refractivity contribution in [3.8, 4) is 11.5 Å². The molecule has 1 aliphatic heterocycles. The van der Waals surface area contributed by atoms with Crippen molar-refractivity contribution >= 4 is 33.6 Å². The molecular weight excluding hydrogens is 346 g/mol. The lowest BCUT2D eigenvalue weighted by molar-refractivity contribution is -0.111. The van der Waals surface area contributed by atoms with Crippen molar-refractivity contribution in [2.75, 3.05) is 18.5 Å². The van der Waals surface area contributed by atoms with Crippen molar-refractivity contribution in [3.05, 3.63) is 58.6 Å². The molecule has 5 heteroatoms. The Kier molecular flexibility index (Phi) is 4.44. The van der Waals surface area contributed by atoms with Gasteiger partial charge in [0.15, 0.2) is 11.5 Å². The van der Waals surface area contributed by atoms with E-state index in [1.807, 2.05) is 24.3 Å². The smallest absolute Gasteiger partial charge is 0.248 e. The molecular formula is C17H14BrNO3. The lowest BCUT2D eigenvalue weighted by Gasteiger charge is -2.18. The minimum Gasteiger partial charge on any atom is -0.486 e. The van der Waals surface area contributed by atoms with Crippen LogP contribution in [0.15, 0.2) is 53.0 Å². The molecule has 1 heterocycles. The van der Waals surface area contributed by atoms with Crippen LogP contribution in [0.3, 0.4) is 0 Å². The van der Waals surface area contributed by atoms with Crippen LogP contribution in [0.1, 0.15) is 5.56 Å². The lowest BCUT2D eigenvalue weighted by Crippen LogP contribution is -2.16. The van der Waals surface area contributed by atoms with Gasteiger partial charge in [0, 0.05) is 22.3 Å².